The minimum atomic E-state index is -4.41. The molecule has 0 bridgehead atoms. The lowest BCUT2D eigenvalue weighted by molar-refractivity contribution is -0.119. The van der Waals surface area contributed by atoms with E-state index >= 15 is 0 Å². The number of carbonyl (C=O) groups excluding carboxylic acids is 3. The van der Waals surface area contributed by atoms with Crippen LogP contribution in [0.5, 0.6) is 0 Å². The summed E-state index contributed by atoms with van der Waals surface area (Å²) in [6.45, 7) is -0.495. The number of aliphatic hydroxyl groups is 2. The lowest BCUT2D eigenvalue weighted by Gasteiger charge is -2.16. The van der Waals surface area contributed by atoms with Gasteiger partial charge in [0.2, 0.25) is 5.91 Å². The molecule has 1 amide bonds. The van der Waals surface area contributed by atoms with Gasteiger partial charge in [0.15, 0.2) is 17.7 Å². The Morgan fingerprint density at radius 3 is 2.54 bits per heavy atom. The number of pyridine rings is 1. The molecule has 16 heteroatoms. The first kappa shape index (κ1) is 28.1. The number of methoxy groups -OCH3 is 1. The normalized spacial score (nSPS) is 21.1. The van der Waals surface area contributed by atoms with E-state index in [4.69, 9.17) is 10.5 Å². The van der Waals surface area contributed by atoms with Crippen molar-refractivity contribution in [2.24, 2.45) is 0 Å². The van der Waals surface area contributed by atoms with Crippen LogP contribution in [-0.2, 0) is 24.5 Å². The molecule has 1 aliphatic heterocycles. The van der Waals surface area contributed by atoms with Crippen molar-refractivity contribution in [1.29, 1.82) is 0 Å². The van der Waals surface area contributed by atoms with Crippen LogP contribution in [0.2, 0.25) is 0 Å². The van der Waals surface area contributed by atoms with E-state index in [2.05, 4.69) is 19.4 Å². The van der Waals surface area contributed by atoms with Gasteiger partial charge in [-0.05, 0) is 12.1 Å². The Bertz CT molecular complexity index is 1510. The average Bonchev–Trinajstić information content (AvgIpc) is 3.47. The Balaban J connectivity index is 1.32. The summed E-state index contributed by atoms with van der Waals surface area (Å²) in [4.78, 5) is 44.9. The van der Waals surface area contributed by atoms with Gasteiger partial charge in [0.1, 0.15) is 23.8 Å². The number of fused-ring (bicyclic) bond motifs is 1. The number of ether oxygens (including phenoxy) is 2. The molecule has 0 spiro atoms. The molecule has 6 N–H and O–H groups in total. The van der Waals surface area contributed by atoms with Gasteiger partial charge in [-0.3, -0.25) is 14.2 Å². The Morgan fingerprint density at radius 1 is 1.10 bits per heavy atom. The molecule has 2 aromatic heterocycles. The third-order valence-electron chi connectivity index (χ3n) is 6.04. The number of nitrogens with one attached hydrogen (secondary N) is 2. The van der Waals surface area contributed by atoms with E-state index in [0.717, 1.165) is 0 Å². The molecular weight excluding hydrogens is 536 g/mol. The first-order valence-electron chi connectivity index (χ1n) is 11.6. The highest BCUT2D eigenvalue weighted by Gasteiger charge is 2.44. The van der Waals surface area contributed by atoms with E-state index in [1.807, 2.05) is 0 Å². The number of amides is 1. The van der Waals surface area contributed by atoms with Crippen LogP contribution < -0.4 is 15.2 Å². The van der Waals surface area contributed by atoms with Gasteiger partial charge < -0.3 is 25.4 Å². The summed E-state index contributed by atoms with van der Waals surface area (Å²) < 4.78 is 40.3. The van der Waals surface area contributed by atoms with Crippen molar-refractivity contribution in [3.05, 3.63) is 54.0 Å². The van der Waals surface area contributed by atoms with Gasteiger partial charge in [-0.15, -0.1) is 0 Å². The highest BCUT2D eigenvalue weighted by molar-refractivity contribution is 7.88. The summed E-state index contributed by atoms with van der Waals surface area (Å²) in [6, 6.07) is 7.43. The summed E-state index contributed by atoms with van der Waals surface area (Å²) in [5.74, 6) is -2.26. The van der Waals surface area contributed by atoms with Crippen LogP contribution in [-0.4, -0.2) is 82.8 Å². The molecule has 15 nitrogen and oxygen atoms in total. The number of rotatable bonds is 10. The molecule has 208 valence electrons. The van der Waals surface area contributed by atoms with Gasteiger partial charge in [0.05, 0.1) is 24.7 Å². The molecule has 0 saturated carbocycles. The number of ketones is 1. The predicted molar refractivity (Wildman–Crippen MR) is 134 cm³/mol. The van der Waals surface area contributed by atoms with Crippen molar-refractivity contribution >= 4 is 44.7 Å². The molecule has 4 rings (SSSR count). The van der Waals surface area contributed by atoms with Crippen molar-refractivity contribution in [1.82, 2.24) is 24.0 Å². The van der Waals surface area contributed by atoms with Crippen LogP contribution in [0.25, 0.3) is 11.2 Å². The summed E-state index contributed by atoms with van der Waals surface area (Å²) in [5.41, 5.74) is 6.94. The van der Waals surface area contributed by atoms with Crippen molar-refractivity contribution in [2.75, 3.05) is 19.4 Å². The molecular formula is C23H26N6O9S. The summed E-state index contributed by atoms with van der Waals surface area (Å²) >= 11 is 0. The number of hydrogen-bond acceptors (Lipinski definition) is 12. The third kappa shape index (κ3) is 6.04. The maximum Gasteiger partial charge on any atom is 0.338 e. The second-order valence-corrected chi connectivity index (χ2v) is 10.1. The smallest absolute Gasteiger partial charge is 0.338 e. The minimum Gasteiger partial charge on any atom is -0.465 e. The highest BCUT2D eigenvalue weighted by Crippen LogP contribution is 2.32. The molecule has 0 aliphatic carbocycles. The van der Waals surface area contributed by atoms with Crippen LogP contribution >= 0.6 is 0 Å². The van der Waals surface area contributed by atoms with E-state index < -0.39 is 65.4 Å². The molecule has 1 saturated heterocycles. The number of carbonyl (C=O) groups is 3. The quantitative estimate of drug-likeness (QED) is 0.149. The van der Waals surface area contributed by atoms with E-state index in [1.54, 1.807) is 16.9 Å². The van der Waals surface area contributed by atoms with Gasteiger partial charge >= 0.3 is 16.2 Å². The molecule has 39 heavy (non-hydrogen) atoms. The fourth-order valence-electron chi connectivity index (χ4n) is 4.07. The Labute approximate surface area is 222 Å². The SMILES string of the molecule is COC(=O)c1ccccc1C(=O)CCC(=O)NS(=O)(=O)NC[C@H]1O[C@@H](n2cnc3c(N)ccnc32)[C@H](O)[C@@H]1O. The summed E-state index contributed by atoms with van der Waals surface area (Å²) in [6.07, 6.45) is -3.35. The van der Waals surface area contributed by atoms with E-state index in [1.165, 1.54) is 42.4 Å². The van der Waals surface area contributed by atoms with E-state index in [9.17, 15) is 33.0 Å². The number of esters is 1. The Hall–Kier alpha value is -3.96. The van der Waals surface area contributed by atoms with Crippen molar-refractivity contribution in [3.63, 3.8) is 0 Å². The third-order valence-corrected chi connectivity index (χ3v) is 7.08. The van der Waals surface area contributed by atoms with E-state index in [-0.39, 0.29) is 17.5 Å². The zero-order valence-corrected chi connectivity index (χ0v) is 21.4. The molecule has 1 aliphatic rings. The van der Waals surface area contributed by atoms with Crippen molar-refractivity contribution in [3.8, 4) is 0 Å². The van der Waals surface area contributed by atoms with Crippen LogP contribution in [0, 0.1) is 0 Å². The van der Waals surface area contributed by atoms with Crippen molar-refractivity contribution in [2.45, 2.75) is 37.4 Å². The number of aromatic nitrogens is 3. The maximum absolute atomic E-state index is 12.5. The van der Waals surface area contributed by atoms with Crippen LogP contribution in [0.15, 0.2) is 42.9 Å². The monoisotopic (exact) mass is 562 g/mol. The second kappa shape index (κ2) is 11.4. The van der Waals surface area contributed by atoms with Gasteiger partial charge in [-0.25, -0.2) is 19.5 Å². The fourth-order valence-corrected chi connectivity index (χ4v) is 4.93. The van der Waals surface area contributed by atoms with Crippen LogP contribution in [0.3, 0.4) is 0 Å². The Morgan fingerprint density at radius 2 is 1.82 bits per heavy atom. The lowest BCUT2D eigenvalue weighted by Crippen LogP contribution is -2.45. The summed E-state index contributed by atoms with van der Waals surface area (Å²) in [7, 11) is -3.25. The molecule has 0 unspecified atom stereocenters. The number of aliphatic hydroxyl groups excluding tert-OH is 2. The number of nitrogens with two attached hydrogens (primary N) is 1. The molecule has 0 radical (unpaired) electrons. The molecule has 3 aromatic rings. The minimum absolute atomic E-state index is 0.0262. The van der Waals surface area contributed by atoms with Gasteiger partial charge in [-0.1, -0.05) is 18.2 Å². The predicted octanol–water partition coefficient (Wildman–Crippen LogP) is -0.967. The van der Waals surface area contributed by atoms with E-state index in [0.29, 0.717) is 16.9 Å². The number of nitrogens with zero attached hydrogens (tertiary/aromatic N) is 3. The van der Waals surface area contributed by atoms with Crippen LogP contribution in [0.4, 0.5) is 5.69 Å². The van der Waals surface area contributed by atoms with Gasteiger partial charge in [-0.2, -0.15) is 13.1 Å². The molecule has 1 fully saturated rings. The molecule has 4 atom stereocenters. The maximum atomic E-state index is 12.5. The number of nitrogen functional groups attached to an aromatic ring is 1. The number of imidazole rings is 1. The second-order valence-electron chi connectivity index (χ2n) is 8.61. The Kier molecular flexibility index (Phi) is 8.22. The first-order valence-corrected chi connectivity index (χ1v) is 13.1. The molecule has 1 aromatic carbocycles. The fraction of sp³-hybridized carbons (Fsp3) is 0.348. The summed E-state index contributed by atoms with van der Waals surface area (Å²) in [5, 5.41) is 20.9. The van der Waals surface area contributed by atoms with Crippen LogP contribution in [0.1, 0.15) is 39.8 Å². The largest absolute Gasteiger partial charge is 0.465 e. The zero-order chi connectivity index (χ0) is 28.3. The number of hydrogen-bond donors (Lipinski definition) is 5. The zero-order valence-electron chi connectivity index (χ0n) is 20.6. The number of Topliss-reactive ketones (excluding diaryl/α,β-unsaturated/α-hetero) is 1. The topological polar surface area (TPSA) is 225 Å². The number of benzene rings is 1. The first-order chi connectivity index (χ1) is 18.5. The molecule has 3 heterocycles. The number of anilines is 1. The average molecular weight is 563 g/mol. The standard InChI is InChI=1S/C23H26N6O9S/c1-37-23(34)13-5-3-2-4-12(13)15(30)6-7-17(31)28-39(35,36)27-10-16-19(32)20(33)22(38-16)29-11-26-18-14(24)8-9-25-21(18)29/h2-5,8-9,11,16,19-20,22,27,32-33H,6-7,10H2,1H3,(H2,24,25)(H,28,31)/t16-,19-,20-,22-/m1/s1. The van der Waals surface area contributed by atoms with Gasteiger partial charge in [0.25, 0.3) is 0 Å². The van der Waals surface area contributed by atoms with Crippen molar-refractivity contribution < 1.29 is 42.5 Å². The van der Waals surface area contributed by atoms with Gasteiger partial charge in [0, 0.05) is 31.1 Å². The lowest BCUT2D eigenvalue weighted by atomic mass is 10.0. The highest BCUT2D eigenvalue weighted by atomic mass is 32.2.